The molecule has 0 radical (unpaired) electrons. The highest BCUT2D eigenvalue weighted by Crippen LogP contribution is 2.32. The highest BCUT2D eigenvalue weighted by atomic mass is 16.5. The molecule has 0 N–H and O–H groups in total. The zero-order chi connectivity index (χ0) is 16.5. The van der Waals surface area contributed by atoms with E-state index >= 15 is 0 Å². The molecule has 24 heavy (non-hydrogen) atoms. The van der Waals surface area contributed by atoms with Crippen LogP contribution in [-0.4, -0.2) is 32.1 Å². The van der Waals surface area contributed by atoms with Crippen molar-refractivity contribution >= 4 is 5.91 Å². The van der Waals surface area contributed by atoms with Gasteiger partial charge in [-0.1, -0.05) is 5.16 Å². The van der Waals surface area contributed by atoms with Crippen LogP contribution in [-0.2, 0) is 0 Å². The topological polar surface area (TPSA) is 64.2 Å². The summed E-state index contributed by atoms with van der Waals surface area (Å²) in [6.07, 6.45) is 5.75. The van der Waals surface area contributed by atoms with Crippen LogP contribution in [0.2, 0.25) is 0 Å². The quantitative estimate of drug-likeness (QED) is 0.743. The number of carbonyl (C=O) groups excluding carboxylic acids is 1. The lowest BCUT2D eigenvalue weighted by atomic mass is 10.1. The van der Waals surface area contributed by atoms with Crippen LogP contribution < -0.4 is 0 Å². The van der Waals surface area contributed by atoms with Crippen molar-refractivity contribution in [3.63, 3.8) is 0 Å². The first-order valence-electron chi connectivity index (χ1n) is 8.07. The maximum Gasteiger partial charge on any atom is 0.254 e. The molecule has 1 saturated heterocycles. The smallest absolute Gasteiger partial charge is 0.254 e. The van der Waals surface area contributed by atoms with Gasteiger partial charge in [0.05, 0.1) is 0 Å². The van der Waals surface area contributed by atoms with Crippen molar-refractivity contribution in [1.82, 2.24) is 19.6 Å². The number of nitrogens with zero attached hydrogens (tertiary/aromatic N) is 4. The summed E-state index contributed by atoms with van der Waals surface area (Å²) in [4.78, 5) is 19.0. The van der Waals surface area contributed by atoms with Crippen molar-refractivity contribution in [3.05, 3.63) is 66.1 Å². The van der Waals surface area contributed by atoms with Crippen LogP contribution in [0.1, 0.15) is 41.0 Å². The largest absolute Gasteiger partial charge is 0.337 e. The molecule has 0 saturated carbocycles. The van der Waals surface area contributed by atoms with Crippen LogP contribution in [0.15, 0.2) is 53.3 Å². The van der Waals surface area contributed by atoms with E-state index in [1.54, 1.807) is 6.92 Å². The maximum absolute atomic E-state index is 12.9. The van der Waals surface area contributed by atoms with Crippen molar-refractivity contribution in [2.75, 3.05) is 6.54 Å². The van der Waals surface area contributed by atoms with Gasteiger partial charge in [0, 0.05) is 30.2 Å². The third kappa shape index (κ3) is 2.60. The summed E-state index contributed by atoms with van der Waals surface area (Å²) in [5.74, 6) is 1.13. The van der Waals surface area contributed by atoms with E-state index in [0.29, 0.717) is 23.8 Å². The lowest BCUT2D eigenvalue weighted by molar-refractivity contribution is 0.0710. The van der Waals surface area contributed by atoms with Crippen molar-refractivity contribution in [2.24, 2.45) is 0 Å². The SMILES string of the molecule is Cc1noc(C2CCCN2C(=O)c2ccc(-n3cccc3)cc2)n1. The fourth-order valence-corrected chi connectivity index (χ4v) is 3.16. The van der Waals surface area contributed by atoms with Crippen molar-refractivity contribution in [3.8, 4) is 5.69 Å². The Morgan fingerprint density at radius 3 is 2.62 bits per heavy atom. The molecule has 2 aromatic heterocycles. The number of likely N-dealkylation sites (tertiary alicyclic amines) is 1. The van der Waals surface area contributed by atoms with E-state index < -0.39 is 0 Å². The Morgan fingerprint density at radius 2 is 1.96 bits per heavy atom. The summed E-state index contributed by atoms with van der Waals surface area (Å²) >= 11 is 0. The van der Waals surface area contributed by atoms with E-state index in [2.05, 4.69) is 10.1 Å². The summed E-state index contributed by atoms with van der Waals surface area (Å²) < 4.78 is 7.28. The first-order valence-corrected chi connectivity index (χ1v) is 8.07. The standard InChI is InChI=1S/C18H18N4O2/c1-13-19-17(24-20-13)16-5-4-12-22(16)18(23)14-6-8-15(9-7-14)21-10-2-3-11-21/h2-3,6-11,16H,4-5,12H2,1H3. The lowest BCUT2D eigenvalue weighted by Gasteiger charge is -2.22. The molecule has 1 fully saturated rings. The van der Waals surface area contributed by atoms with Gasteiger partial charge in [0.25, 0.3) is 5.91 Å². The van der Waals surface area contributed by atoms with Crippen LogP contribution in [0, 0.1) is 6.92 Å². The zero-order valence-corrected chi connectivity index (χ0v) is 13.4. The molecule has 1 unspecified atom stereocenters. The highest BCUT2D eigenvalue weighted by Gasteiger charge is 2.34. The molecule has 6 nitrogen and oxygen atoms in total. The van der Waals surface area contributed by atoms with Crippen LogP contribution in [0.5, 0.6) is 0 Å². The van der Waals surface area contributed by atoms with Crippen molar-refractivity contribution in [2.45, 2.75) is 25.8 Å². The van der Waals surface area contributed by atoms with Gasteiger partial charge in [-0.25, -0.2) is 0 Å². The highest BCUT2D eigenvalue weighted by molar-refractivity contribution is 5.94. The van der Waals surface area contributed by atoms with Crippen molar-refractivity contribution < 1.29 is 9.32 Å². The monoisotopic (exact) mass is 322 g/mol. The molecule has 122 valence electrons. The lowest BCUT2D eigenvalue weighted by Crippen LogP contribution is -2.30. The molecule has 1 aromatic carbocycles. The Labute approximate surface area is 139 Å². The second-order valence-electron chi connectivity index (χ2n) is 5.97. The first-order chi connectivity index (χ1) is 11.7. The number of benzene rings is 1. The maximum atomic E-state index is 12.9. The van der Waals surface area contributed by atoms with E-state index in [1.165, 1.54) is 0 Å². The average molecular weight is 322 g/mol. The summed E-state index contributed by atoms with van der Waals surface area (Å²) in [5.41, 5.74) is 1.70. The minimum Gasteiger partial charge on any atom is -0.337 e. The number of hydrogen-bond donors (Lipinski definition) is 0. The molecule has 0 aliphatic carbocycles. The molecular weight excluding hydrogens is 304 g/mol. The molecule has 0 spiro atoms. The predicted molar refractivity (Wildman–Crippen MR) is 87.8 cm³/mol. The molecule has 4 rings (SSSR count). The number of aromatic nitrogens is 3. The van der Waals surface area contributed by atoms with Gasteiger partial charge in [0.2, 0.25) is 5.89 Å². The van der Waals surface area contributed by atoms with Gasteiger partial charge in [-0.15, -0.1) is 0 Å². The Bertz CT molecular complexity index is 836. The number of rotatable bonds is 3. The Balaban J connectivity index is 1.56. The molecule has 1 atom stereocenters. The minimum atomic E-state index is -0.122. The fraction of sp³-hybridized carbons (Fsp3) is 0.278. The Morgan fingerprint density at radius 1 is 1.21 bits per heavy atom. The minimum absolute atomic E-state index is 0.00686. The van der Waals surface area contributed by atoms with E-state index in [9.17, 15) is 4.79 Å². The molecule has 0 bridgehead atoms. The van der Waals surface area contributed by atoms with Crippen molar-refractivity contribution in [1.29, 1.82) is 0 Å². The van der Waals surface area contributed by atoms with Gasteiger partial charge in [-0.2, -0.15) is 4.98 Å². The molecule has 6 heteroatoms. The molecule has 1 amide bonds. The summed E-state index contributed by atoms with van der Waals surface area (Å²) in [6.45, 7) is 2.50. The molecule has 3 aromatic rings. The number of amides is 1. The fourth-order valence-electron chi connectivity index (χ4n) is 3.16. The van der Waals surface area contributed by atoms with E-state index in [0.717, 1.165) is 18.5 Å². The van der Waals surface area contributed by atoms with E-state index in [1.807, 2.05) is 58.3 Å². The van der Waals surface area contributed by atoms with Gasteiger partial charge >= 0.3 is 0 Å². The molecule has 1 aliphatic heterocycles. The normalized spacial score (nSPS) is 17.4. The van der Waals surface area contributed by atoms with Crippen LogP contribution in [0.4, 0.5) is 0 Å². The second kappa shape index (κ2) is 5.96. The van der Waals surface area contributed by atoms with Crippen LogP contribution in [0.3, 0.4) is 0 Å². The second-order valence-corrected chi connectivity index (χ2v) is 5.97. The predicted octanol–water partition coefficient (Wildman–Crippen LogP) is 3.15. The first kappa shape index (κ1) is 14.7. The van der Waals surface area contributed by atoms with E-state index in [4.69, 9.17) is 4.52 Å². The van der Waals surface area contributed by atoms with Gasteiger partial charge in [-0.05, 0) is 56.2 Å². The zero-order valence-electron chi connectivity index (χ0n) is 13.4. The van der Waals surface area contributed by atoms with Gasteiger partial charge in [0.1, 0.15) is 6.04 Å². The Hall–Kier alpha value is -2.89. The molecule has 1 aliphatic rings. The summed E-state index contributed by atoms with van der Waals surface area (Å²) in [6, 6.07) is 11.5. The summed E-state index contributed by atoms with van der Waals surface area (Å²) in [5, 5.41) is 3.84. The number of carbonyl (C=O) groups is 1. The van der Waals surface area contributed by atoms with Gasteiger partial charge in [-0.3, -0.25) is 4.79 Å². The number of aryl methyl sites for hydroxylation is 1. The van der Waals surface area contributed by atoms with Gasteiger partial charge < -0.3 is 14.0 Å². The number of hydrogen-bond acceptors (Lipinski definition) is 4. The van der Waals surface area contributed by atoms with E-state index in [-0.39, 0.29) is 11.9 Å². The average Bonchev–Trinajstić information content (AvgIpc) is 3.35. The third-order valence-corrected chi connectivity index (χ3v) is 4.36. The van der Waals surface area contributed by atoms with Crippen LogP contribution in [0.25, 0.3) is 5.69 Å². The molecule has 3 heterocycles. The van der Waals surface area contributed by atoms with Crippen LogP contribution >= 0.6 is 0 Å². The molecular formula is C18H18N4O2. The summed E-state index contributed by atoms with van der Waals surface area (Å²) in [7, 11) is 0. The van der Waals surface area contributed by atoms with Gasteiger partial charge in [0.15, 0.2) is 5.82 Å². The third-order valence-electron chi connectivity index (χ3n) is 4.36. The Kier molecular flexibility index (Phi) is 3.65.